The molecule has 3 aromatic rings. The Kier molecular flexibility index (Phi) is 12.7. The van der Waals surface area contributed by atoms with Crippen LogP contribution in [0, 0.1) is 5.92 Å². The van der Waals surface area contributed by atoms with Gasteiger partial charge in [-0.15, -0.1) is 0 Å². The number of carbonyl (C=O) groups is 1. The second-order valence-corrected chi connectivity index (χ2v) is 13.7. The first-order valence-corrected chi connectivity index (χ1v) is 17.4. The van der Waals surface area contributed by atoms with Gasteiger partial charge in [0, 0.05) is 12.3 Å². The number of carbonyl (C=O) groups excluding carboxylic acids is 1. The van der Waals surface area contributed by atoms with E-state index >= 15 is 0 Å². The Morgan fingerprint density at radius 1 is 0.886 bits per heavy atom. The fraction of sp³-hybridized carbons (Fsp3) is 0.500. The molecule has 4 rings (SSSR count). The minimum Gasteiger partial charge on any atom is -0.388 e. The number of likely N-dealkylation sites (tertiary alicyclic amines) is 1. The molecular formula is C38H52N2O3S. The lowest BCUT2D eigenvalue weighted by molar-refractivity contribution is -0.114. The van der Waals surface area contributed by atoms with Crippen LogP contribution in [0.4, 0.5) is 0 Å². The van der Waals surface area contributed by atoms with Crippen LogP contribution < -0.4 is 0 Å². The van der Waals surface area contributed by atoms with Crippen molar-refractivity contribution in [3.63, 3.8) is 0 Å². The third kappa shape index (κ3) is 8.41. The second-order valence-electron chi connectivity index (χ2n) is 12.7. The Morgan fingerprint density at radius 2 is 1.43 bits per heavy atom. The Morgan fingerprint density at radius 3 is 1.95 bits per heavy atom. The summed E-state index contributed by atoms with van der Waals surface area (Å²) in [5.74, 6) is 0.948. The first kappa shape index (κ1) is 34.4. The number of nitrogens with zero attached hydrogens (tertiary/aromatic N) is 2. The second kappa shape index (κ2) is 16.2. The number of hydrogen-bond acceptors (Lipinski definition) is 6. The van der Waals surface area contributed by atoms with E-state index in [-0.39, 0.29) is 11.0 Å². The highest BCUT2D eigenvalue weighted by atomic mass is 32.2. The van der Waals surface area contributed by atoms with Gasteiger partial charge in [-0.05, 0) is 100 Å². The van der Waals surface area contributed by atoms with Gasteiger partial charge in [-0.3, -0.25) is 4.79 Å². The van der Waals surface area contributed by atoms with Crippen molar-refractivity contribution in [2.45, 2.75) is 70.5 Å². The maximum Gasteiger partial charge on any atom is 0.198 e. The fourth-order valence-electron chi connectivity index (χ4n) is 6.50. The van der Waals surface area contributed by atoms with Crippen molar-refractivity contribution in [2.24, 2.45) is 5.92 Å². The number of aliphatic hydroxyl groups excluding tert-OH is 1. The van der Waals surface area contributed by atoms with Gasteiger partial charge in [0.1, 0.15) is 5.60 Å². The van der Waals surface area contributed by atoms with Crippen LogP contribution in [0.5, 0.6) is 0 Å². The number of rotatable bonds is 15. The molecule has 0 radical (unpaired) electrons. The largest absolute Gasteiger partial charge is 0.388 e. The summed E-state index contributed by atoms with van der Waals surface area (Å²) < 4.78 is 0. The van der Waals surface area contributed by atoms with Crippen molar-refractivity contribution in [2.75, 3.05) is 45.0 Å². The summed E-state index contributed by atoms with van der Waals surface area (Å²) in [6.45, 7) is 14.0. The van der Waals surface area contributed by atoms with Gasteiger partial charge >= 0.3 is 0 Å². The molecule has 0 aromatic heterocycles. The highest BCUT2D eigenvalue weighted by Crippen LogP contribution is 2.42. The maximum atomic E-state index is 13.0. The molecule has 6 heteroatoms. The van der Waals surface area contributed by atoms with E-state index in [2.05, 4.69) is 23.6 Å². The van der Waals surface area contributed by atoms with E-state index < -0.39 is 17.1 Å². The van der Waals surface area contributed by atoms with E-state index in [1.807, 2.05) is 98.8 Å². The monoisotopic (exact) mass is 616 g/mol. The number of aliphatic hydroxyl groups is 2. The van der Waals surface area contributed by atoms with Crippen molar-refractivity contribution in [1.29, 1.82) is 0 Å². The molecule has 1 aliphatic rings. The molecule has 0 spiro atoms. The molecule has 238 valence electrons. The third-order valence-electron chi connectivity index (χ3n) is 9.62. The molecule has 1 fully saturated rings. The average Bonchev–Trinajstić information content (AvgIpc) is 3.07. The van der Waals surface area contributed by atoms with Crippen molar-refractivity contribution < 1.29 is 15.0 Å². The van der Waals surface area contributed by atoms with Gasteiger partial charge < -0.3 is 20.0 Å². The number of thioether (sulfide) groups is 1. The lowest BCUT2D eigenvalue weighted by Crippen LogP contribution is -2.44. The van der Waals surface area contributed by atoms with Crippen LogP contribution in [-0.2, 0) is 15.8 Å². The fourth-order valence-corrected chi connectivity index (χ4v) is 7.51. The van der Waals surface area contributed by atoms with Crippen molar-refractivity contribution in [1.82, 2.24) is 9.80 Å². The predicted octanol–water partition coefficient (Wildman–Crippen LogP) is 7.03. The highest BCUT2D eigenvalue weighted by Gasteiger charge is 2.41. The Labute approximate surface area is 269 Å². The SMILES string of the molecule is CCN(CC)CCSC(=O)C(C)(C)c1ccc(C(O)CCCN2CCC(C(O)(c3ccccc3)c3ccccc3)CC2)cc1. The number of hydrogen-bond donors (Lipinski definition) is 2. The molecular weight excluding hydrogens is 564 g/mol. The summed E-state index contributed by atoms with van der Waals surface area (Å²) in [5.41, 5.74) is 2.24. The quantitative estimate of drug-likeness (QED) is 0.191. The summed E-state index contributed by atoms with van der Waals surface area (Å²) in [5, 5.41) is 23.3. The molecule has 1 aliphatic heterocycles. The van der Waals surface area contributed by atoms with Crippen LogP contribution in [0.1, 0.15) is 81.7 Å². The van der Waals surface area contributed by atoms with E-state index in [0.717, 1.165) is 86.5 Å². The molecule has 0 amide bonds. The van der Waals surface area contributed by atoms with Gasteiger partial charge in [0.2, 0.25) is 0 Å². The van der Waals surface area contributed by atoms with Gasteiger partial charge in [0.15, 0.2) is 5.12 Å². The van der Waals surface area contributed by atoms with E-state index in [0.29, 0.717) is 6.42 Å². The normalized spacial score (nSPS) is 15.9. The topological polar surface area (TPSA) is 64.0 Å². The van der Waals surface area contributed by atoms with Crippen LogP contribution in [0.2, 0.25) is 0 Å². The first-order valence-electron chi connectivity index (χ1n) is 16.4. The zero-order chi connectivity index (χ0) is 31.6. The minimum atomic E-state index is -1.000. The summed E-state index contributed by atoms with van der Waals surface area (Å²) in [4.78, 5) is 17.8. The molecule has 1 saturated heterocycles. The van der Waals surface area contributed by atoms with Crippen LogP contribution >= 0.6 is 11.8 Å². The molecule has 2 N–H and O–H groups in total. The highest BCUT2D eigenvalue weighted by molar-refractivity contribution is 8.13. The van der Waals surface area contributed by atoms with Crippen LogP contribution in [0.15, 0.2) is 84.9 Å². The van der Waals surface area contributed by atoms with Crippen molar-refractivity contribution >= 4 is 16.9 Å². The molecule has 44 heavy (non-hydrogen) atoms. The number of piperidine rings is 1. The van der Waals surface area contributed by atoms with Crippen molar-refractivity contribution in [3.05, 3.63) is 107 Å². The van der Waals surface area contributed by atoms with Gasteiger partial charge in [0.25, 0.3) is 0 Å². The third-order valence-corrected chi connectivity index (χ3v) is 10.8. The van der Waals surface area contributed by atoms with Gasteiger partial charge in [0.05, 0.1) is 11.5 Å². The van der Waals surface area contributed by atoms with Gasteiger partial charge in [-0.25, -0.2) is 0 Å². The summed E-state index contributed by atoms with van der Waals surface area (Å²) in [6, 6.07) is 28.2. The first-order chi connectivity index (χ1) is 21.2. The Balaban J connectivity index is 1.25. The molecule has 1 unspecified atom stereocenters. The van der Waals surface area contributed by atoms with E-state index in [4.69, 9.17) is 0 Å². The van der Waals surface area contributed by atoms with Crippen LogP contribution in [0.3, 0.4) is 0 Å². The van der Waals surface area contributed by atoms with Crippen LogP contribution in [-0.4, -0.2) is 70.1 Å². The van der Waals surface area contributed by atoms with Gasteiger partial charge in [-0.2, -0.15) is 0 Å². The molecule has 3 aromatic carbocycles. The zero-order valence-corrected chi connectivity index (χ0v) is 27.9. The lowest BCUT2D eigenvalue weighted by atomic mass is 9.72. The number of benzene rings is 3. The molecule has 1 atom stereocenters. The molecule has 1 heterocycles. The Bertz CT molecular complexity index is 1230. The molecule has 0 saturated carbocycles. The summed E-state index contributed by atoms with van der Waals surface area (Å²) in [7, 11) is 0. The zero-order valence-electron chi connectivity index (χ0n) is 27.1. The lowest BCUT2D eigenvalue weighted by Gasteiger charge is -2.42. The van der Waals surface area contributed by atoms with Crippen LogP contribution in [0.25, 0.3) is 0 Å². The minimum absolute atomic E-state index is 0.143. The predicted molar refractivity (Wildman–Crippen MR) is 184 cm³/mol. The van der Waals surface area contributed by atoms with E-state index in [9.17, 15) is 15.0 Å². The summed E-state index contributed by atoms with van der Waals surface area (Å²) in [6.07, 6.45) is 2.92. The smallest absolute Gasteiger partial charge is 0.198 e. The standard InChI is InChI=1S/C38H52N2O3S/c1-5-39(6-2)28-29-44-36(42)37(3,4)31-21-19-30(20-22-31)35(41)18-13-25-40-26-23-34(24-27-40)38(43,32-14-9-7-10-15-32)33-16-11-8-12-17-33/h7-12,14-17,19-22,34-35,41,43H,5-6,13,18,23-29H2,1-4H3. The molecule has 5 nitrogen and oxygen atoms in total. The van der Waals surface area contributed by atoms with E-state index in [1.54, 1.807) is 0 Å². The summed E-state index contributed by atoms with van der Waals surface area (Å²) >= 11 is 1.42. The van der Waals surface area contributed by atoms with Gasteiger partial charge in [-0.1, -0.05) is 111 Å². The van der Waals surface area contributed by atoms with E-state index in [1.165, 1.54) is 11.8 Å². The average molecular weight is 617 g/mol. The maximum absolute atomic E-state index is 13.0. The molecule has 0 bridgehead atoms. The van der Waals surface area contributed by atoms with Crippen molar-refractivity contribution in [3.8, 4) is 0 Å². The molecule has 0 aliphatic carbocycles. The Hall–Kier alpha value is -2.48.